The number of cyclic esters (lactones) is 1. The number of ether oxygens (including phenoxy) is 1. The molecule has 3 aromatic rings. The summed E-state index contributed by atoms with van der Waals surface area (Å²) >= 11 is 0. The van der Waals surface area contributed by atoms with Gasteiger partial charge in [-0.05, 0) is 18.1 Å². The van der Waals surface area contributed by atoms with Gasteiger partial charge in [-0.3, -0.25) is 9.59 Å². The third-order valence-electron chi connectivity index (χ3n) is 6.23. The van der Waals surface area contributed by atoms with Crippen LogP contribution in [0, 0.1) is 11.8 Å². The van der Waals surface area contributed by atoms with Crippen molar-refractivity contribution in [3.8, 4) is 0 Å². The van der Waals surface area contributed by atoms with E-state index >= 15 is 0 Å². The molecule has 0 N–H and O–H groups in total. The number of ketones is 1. The molecule has 1 aliphatic rings. The van der Waals surface area contributed by atoms with Crippen molar-refractivity contribution in [2.75, 3.05) is 0 Å². The summed E-state index contributed by atoms with van der Waals surface area (Å²) in [6.07, 6.45) is -0.277. The van der Waals surface area contributed by atoms with E-state index in [0.29, 0.717) is 5.56 Å². The Labute approximate surface area is 177 Å². The molecule has 5 atom stereocenters. The van der Waals surface area contributed by atoms with Crippen LogP contribution in [0.15, 0.2) is 91.0 Å². The molecule has 1 saturated heterocycles. The largest absolute Gasteiger partial charge is 0.462 e. The van der Waals surface area contributed by atoms with Crippen molar-refractivity contribution in [3.05, 3.63) is 108 Å². The number of carbonyl (C=O) groups is 2. The summed E-state index contributed by atoms with van der Waals surface area (Å²) in [5.74, 6) is -1.54. The van der Waals surface area contributed by atoms with Crippen LogP contribution < -0.4 is 0 Å². The van der Waals surface area contributed by atoms with Gasteiger partial charge < -0.3 is 4.74 Å². The molecule has 152 valence electrons. The van der Waals surface area contributed by atoms with Crippen molar-refractivity contribution in [1.82, 2.24) is 0 Å². The van der Waals surface area contributed by atoms with Gasteiger partial charge in [-0.2, -0.15) is 0 Å². The van der Waals surface area contributed by atoms with Gasteiger partial charge in [0.15, 0.2) is 5.78 Å². The van der Waals surface area contributed by atoms with E-state index in [-0.39, 0.29) is 29.7 Å². The van der Waals surface area contributed by atoms with Gasteiger partial charge in [0.2, 0.25) is 0 Å². The highest BCUT2D eigenvalue weighted by Gasteiger charge is 2.49. The highest BCUT2D eigenvalue weighted by molar-refractivity contribution is 6.00. The lowest BCUT2D eigenvalue weighted by Gasteiger charge is -2.43. The van der Waals surface area contributed by atoms with E-state index in [0.717, 1.165) is 11.1 Å². The Morgan fingerprint density at radius 1 is 0.767 bits per heavy atom. The Hall–Kier alpha value is -3.20. The monoisotopic (exact) mass is 398 g/mol. The molecule has 3 nitrogen and oxygen atoms in total. The molecule has 0 radical (unpaired) electrons. The average molecular weight is 399 g/mol. The third kappa shape index (κ3) is 3.80. The zero-order chi connectivity index (χ0) is 21.1. The predicted octanol–water partition coefficient (Wildman–Crippen LogP) is 5.63. The number of carbonyl (C=O) groups excluding carboxylic acids is 2. The van der Waals surface area contributed by atoms with E-state index in [4.69, 9.17) is 4.74 Å². The van der Waals surface area contributed by atoms with Gasteiger partial charge in [0.1, 0.15) is 6.10 Å². The summed E-state index contributed by atoms with van der Waals surface area (Å²) < 4.78 is 5.83. The first kappa shape index (κ1) is 20.1. The fraction of sp³-hybridized carbons (Fsp3) is 0.259. The minimum atomic E-state index is -0.554. The average Bonchev–Trinajstić information content (AvgIpc) is 2.79. The van der Waals surface area contributed by atoms with Crippen molar-refractivity contribution in [3.63, 3.8) is 0 Å². The second-order valence-electron chi connectivity index (χ2n) is 8.06. The van der Waals surface area contributed by atoms with Gasteiger partial charge >= 0.3 is 5.97 Å². The summed E-state index contributed by atoms with van der Waals surface area (Å²) in [5.41, 5.74) is 2.81. The highest BCUT2D eigenvalue weighted by atomic mass is 16.5. The van der Waals surface area contributed by atoms with Crippen LogP contribution in [-0.4, -0.2) is 17.9 Å². The molecule has 0 bridgehead atoms. The molecule has 0 aliphatic carbocycles. The molecule has 1 heterocycles. The number of hydrogen-bond donors (Lipinski definition) is 0. The molecule has 0 saturated carbocycles. The summed E-state index contributed by atoms with van der Waals surface area (Å²) in [5, 5.41) is 0. The predicted molar refractivity (Wildman–Crippen MR) is 117 cm³/mol. The summed E-state index contributed by atoms with van der Waals surface area (Å²) in [6, 6.07) is 29.4. The normalized spacial score (nSPS) is 24.7. The van der Waals surface area contributed by atoms with Crippen LogP contribution >= 0.6 is 0 Å². The Balaban J connectivity index is 1.80. The van der Waals surface area contributed by atoms with Crippen molar-refractivity contribution in [2.45, 2.75) is 31.8 Å². The number of esters is 1. The van der Waals surface area contributed by atoms with Crippen LogP contribution in [0.25, 0.3) is 0 Å². The molecule has 0 spiro atoms. The molecular formula is C27H26O3. The van der Waals surface area contributed by atoms with Gasteiger partial charge in [-0.25, -0.2) is 0 Å². The summed E-state index contributed by atoms with van der Waals surface area (Å²) in [4.78, 5) is 26.5. The van der Waals surface area contributed by atoms with Gasteiger partial charge in [-0.15, -0.1) is 0 Å². The van der Waals surface area contributed by atoms with Crippen LogP contribution in [0.2, 0.25) is 0 Å². The topological polar surface area (TPSA) is 43.4 Å². The lowest BCUT2D eigenvalue weighted by molar-refractivity contribution is -0.164. The molecule has 1 aliphatic heterocycles. The van der Waals surface area contributed by atoms with Crippen molar-refractivity contribution in [1.29, 1.82) is 0 Å². The fourth-order valence-corrected chi connectivity index (χ4v) is 4.78. The Bertz CT molecular complexity index is 998. The number of rotatable bonds is 5. The summed E-state index contributed by atoms with van der Waals surface area (Å²) in [6.45, 7) is 3.81. The van der Waals surface area contributed by atoms with E-state index in [1.54, 1.807) is 0 Å². The zero-order valence-corrected chi connectivity index (χ0v) is 17.3. The minimum Gasteiger partial charge on any atom is -0.462 e. The molecule has 1 fully saturated rings. The van der Waals surface area contributed by atoms with Crippen LogP contribution in [-0.2, 0) is 9.53 Å². The maximum absolute atomic E-state index is 13.3. The molecule has 0 unspecified atom stereocenters. The van der Waals surface area contributed by atoms with E-state index in [1.807, 2.05) is 80.6 Å². The molecule has 3 heteroatoms. The first-order chi connectivity index (χ1) is 14.6. The van der Waals surface area contributed by atoms with E-state index in [2.05, 4.69) is 24.3 Å². The first-order valence-corrected chi connectivity index (χ1v) is 10.5. The second kappa shape index (κ2) is 8.66. The molecule has 4 rings (SSSR count). The molecule has 30 heavy (non-hydrogen) atoms. The maximum atomic E-state index is 13.3. The minimum absolute atomic E-state index is 0.0256. The van der Waals surface area contributed by atoms with Gasteiger partial charge in [0, 0.05) is 23.3 Å². The van der Waals surface area contributed by atoms with Crippen LogP contribution in [0.5, 0.6) is 0 Å². The Kier molecular flexibility index (Phi) is 5.80. The van der Waals surface area contributed by atoms with Gasteiger partial charge in [0.25, 0.3) is 0 Å². The maximum Gasteiger partial charge on any atom is 0.310 e. The molecule has 0 aromatic heterocycles. The smallest absolute Gasteiger partial charge is 0.310 e. The lowest BCUT2D eigenvalue weighted by Crippen LogP contribution is -2.45. The highest BCUT2D eigenvalue weighted by Crippen LogP contribution is 2.48. The molecular weight excluding hydrogens is 372 g/mol. The Morgan fingerprint density at radius 2 is 1.23 bits per heavy atom. The molecule has 0 amide bonds. The number of Topliss-reactive ketones (excluding diaryl/α,β-unsaturated/α-hetero) is 1. The quantitative estimate of drug-likeness (QED) is 0.413. The zero-order valence-electron chi connectivity index (χ0n) is 17.3. The van der Waals surface area contributed by atoms with Crippen LogP contribution in [0.4, 0.5) is 0 Å². The van der Waals surface area contributed by atoms with Crippen molar-refractivity contribution < 1.29 is 14.3 Å². The second-order valence-corrected chi connectivity index (χ2v) is 8.06. The van der Waals surface area contributed by atoms with E-state index < -0.39 is 11.8 Å². The van der Waals surface area contributed by atoms with Crippen LogP contribution in [0.3, 0.4) is 0 Å². The summed E-state index contributed by atoms with van der Waals surface area (Å²) in [7, 11) is 0. The third-order valence-corrected chi connectivity index (χ3v) is 6.23. The van der Waals surface area contributed by atoms with Gasteiger partial charge in [-0.1, -0.05) is 97.9 Å². The fourth-order valence-electron chi connectivity index (χ4n) is 4.78. The van der Waals surface area contributed by atoms with Crippen LogP contribution in [0.1, 0.15) is 47.2 Å². The first-order valence-electron chi connectivity index (χ1n) is 10.5. The molecule has 3 aromatic carbocycles. The number of hydrogen-bond acceptors (Lipinski definition) is 3. The van der Waals surface area contributed by atoms with E-state index in [9.17, 15) is 9.59 Å². The van der Waals surface area contributed by atoms with Crippen molar-refractivity contribution in [2.24, 2.45) is 11.8 Å². The standard InChI is InChI=1S/C27H26O3/c1-18(26(28)22-16-10-5-11-17-22)23-25(21-14-8-4-9-15-21)24(19(2)30-27(23)29)20-12-6-3-7-13-20/h3-19,23-25H,1-2H3/t18-,19+,23+,24-,25+/m1/s1. The van der Waals surface area contributed by atoms with Crippen molar-refractivity contribution >= 4 is 11.8 Å². The SMILES string of the molecule is C[C@@H]1OC(=O)[C@@H]([C@@H](C)C(=O)c2ccccc2)[C@H](c2ccccc2)[C@H]1c1ccccc1. The number of benzene rings is 3. The van der Waals surface area contributed by atoms with E-state index in [1.165, 1.54) is 0 Å². The lowest BCUT2D eigenvalue weighted by atomic mass is 9.65. The van der Waals surface area contributed by atoms with Gasteiger partial charge in [0.05, 0.1) is 5.92 Å². The Morgan fingerprint density at radius 3 is 1.77 bits per heavy atom.